The van der Waals surface area contributed by atoms with Crippen molar-refractivity contribution in [3.05, 3.63) is 59.1 Å². The minimum atomic E-state index is -0.00648. The number of nitrogens with zero attached hydrogens (tertiary/aromatic N) is 2. The fraction of sp³-hybridized carbons (Fsp3) is 0.167. The summed E-state index contributed by atoms with van der Waals surface area (Å²) in [7, 11) is 0. The summed E-state index contributed by atoms with van der Waals surface area (Å²) in [6.45, 7) is 4.48. The Labute approximate surface area is 108 Å². The number of aromatic nitrogens is 3. The molecule has 5 heteroatoms. The Morgan fingerprint density at radius 2 is 2.18 bits per heavy atom. The molecular formula is C12H13BrN4. The van der Waals surface area contributed by atoms with Gasteiger partial charge >= 0.3 is 0 Å². The van der Waals surface area contributed by atoms with Gasteiger partial charge in [0.2, 0.25) is 0 Å². The van der Waals surface area contributed by atoms with Gasteiger partial charge in [-0.25, -0.2) is 4.98 Å². The van der Waals surface area contributed by atoms with Crippen molar-refractivity contribution in [2.45, 2.75) is 6.04 Å². The molecule has 1 aromatic carbocycles. The maximum absolute atomic E-state index is 4.20. The highest BCUT2D eigenvalue weighted by Crippen LogP contribution is 2.18. The van der Waals surface area contributed by atoms with Crippen LogP contribution in [0.5, 0.6) is 0 Å². The molecular weight excluding hydrogens is 280 g/mol. The molecule has 1 unspecified atom stereocenters. The van der Waals surface area contributed by atoms with Gasteiger partial charge in [-0.3, -0.25) is 10.4 Å². The molecule has 1 aromatic heterocycles. The number of halogens is 1. The normalized spacial score (nSPS) is 12.3. The molecule has 4 nitrogen and oxygen atoms in total. The van der Waals surface area contributed by atoms with Crippen LogP contribution in [0.1, 0.15) is 17.4 Å². The summed E-state index contributed by atoms with van der Waals surface area (Å²) in [6, 6.07) is 10.1. The summed E-state index contributed by atoms with van der Waals surface area (Å²) in [6.07, 6.45) is 1.51. The molecule has 0 fully saturated rings. The third-order valence-electron chi connectivity index (χ3n) is 2.34. The van der Waals surface area contributed by atoms with E-state index in [1.165, 1.54) is 6.33 Å². The first kappa shape index (κ1) is 12.0. The Bertz CT molecular complexity index is 467. The van der Waals surface area contributed by atoms with E-state index in [0.717, 1.165) is 15.9 Å². The average molecular weight is 293 g/mol. The quantitative estimate of drug-likeness (QED) is 0.890. The van der Waals surface area contributed by atoms with E-state index in [2.05, 4.69) is 55.1 Å². The topological polar surface area (TPSA) is 53.6 Å². The molecule has 2 rings (SSSR count). The van der Waals surface area contributed by atoms with E-state index in [0.29, 0.717) is 6.54 Å². The van der Waals surface area contributed by atoms with Crippen molar-refractivity contribution in [1.29, 1.82) is 0 Å². The van der Waals surface area contributed by atoms with Crippen LogP contribution in [0.15, 0.2) is 47.7 Å². The molecule has 0 aliphatic heterocycles. The fourth-order valence-electron chi connectivity index (χ4n) is 1.58. The molecule has 0 saturated heterocycles. The molecule has 0 aliphatic carbocycles. The van der Waals surface area contributed by atoms with Crippen molar-refractivity contribution < 1.29 is 0 Å². The molecule has 1 heterocycles. The molecule has 1 atom stereocenters. The highest BCUT2D eigenvalue weighted by Gasteiger charge is 2.15. The van der Waals surface area contributed by atoms with Crippen molar-refractivity contribution in [2.75, 3.05) is 6.54 Å². The maximum Gasteiger partial charge on any atom is 0.145 e. The van der Waals surface area contributed by atoms with Gasteiger partial charge in [0.05, 0.1) is 6.04 Å². The predicted octanol–water partition coefficient (Wildman–Crippen LogP) is 2.39. The maximum atomic E-state index is 4.20. The van der Waals surface area contributed by atoms with Crippen LogP contribution in [0.25, 0.3) is 0 Å². The molecule has 88 valence electrons. The Balaban J connectivity index is 2.22. The lowest BCUT2D eigenvalue weighted by molar-refractivity contribution is 0.616. The molecule has 0 radical (unpaired) electrons. The Morgan fingerprint density at radius 1 is 1.41 bits per heavy atom. The summed E-state index contributed by atoms with van der Waals surface area (Å²) in [5.74, 6) is 0.796. The van der Waals surface area contributed by atoms with E-state index in [1.807, 2.05) is 18.2 Å². The van der Waals surface area contributed by atoms with E-state index in [1.54, 1.807) is 0 Å². The number of nitrogens with one attached hydrogen (secondary N) is 2. The molecule has 2 aromatic rings. The Morgan fingerprint density at radius 3 is 2.76 bits per heavy atom. The molecule has 0 amide bonds. The second-order valence-corrected chi connectivity index (χ2v) is 4.73. The molecule has 17 heavy (non-hydrogen) atoms. The van der Waals surface area contributed by atoms with Crippen LogP contribution in [0.2, 0.25) is 0 Å². The van der Waals surface area contributed by atoms with Crippen molar-refractivity contribution in [1.82, 2.24) is 20.5 Å². The zero-order valence-corrected chi connectivity index (χ0v) is 10.8. The van der Waals surface area contributed by atoms with Crippen LogP contribution in [-0.2, 0) is 0 Å². The summed E-state index contributed by atoms with van der Waals surface area (Å²) < 4.78 is 0.901. The lowest BCUT2D eigenvalue weighted by Gasteiger charge is -2.16. The number of hydrogen-bond acceptors (Lipinski definition) is 3. The summed E-state index contributed by atoms with van der Waals surface area (Å²) in [4.78, 5) is 4.20. The zero-order valence-electron chi connectivity index (χ0n) is 9.23. The van der Waals surface area contributed by atoms with E-state index in [-0.39, 0.29) is 6.04 Å². The van der Waals surface area contributed by atoms with Gasteiger partial charge in [0.1, 0.15) is 12.2 Å². The monoisotopic (exact) mass is 292 g/mol. The van der Waals surface area contributed by atoms with Crippen LogP contribution in [0.4, 0.5) is 0 Å². The van der Waals surface area contributed by atoms with Gasteiger partial charge in [-0.15, -0.1) is 0 Å². The lowest BCUT2D eigenvalue weighted by atomic mass is 10.1. The van der Waals surface area contributed by atoms with Gasteiger partial charge in [0, 0.05) is 11.0 Å². The van der Waals surface area contributed by atoms with Crippen LogP contribution in [0, 0.1) is 0 Å². The molecule has 0 spiro atoms. The van der Waals surface area contributed by atoms with Crippen molar-refractivity contribution in [3.63, 3.8) is 0 Å². The first-order valence-electron chi connectivity index (χ1n) is 5.24. The van der Waals surface area contributed by atoms with Crippen molar-refractivity contribution in [2.24, 2.45) is 0 Å². The summed E-state index contributed by atoms with van der Waals surface area (Å²) >= 11 is 3.34. The third kappa shape index (κ3) is 3.25. The third-order valence-corrected chi connectivity index (χ3v) is 2.62. The van der Waals surface area contributed by atoms with Gasteiger partial charge in [-0.1, -0.05) is 52.8 Å². The Hall–Kier alpha value is -1.46. The standard InChI is InChI=1S/C12H13BrN4/c1-9(13)7-14-11(12-15-8-16-17-12)10-5-3-2-4-6-10/h2-6,8,11,14H,1,7H2,(H,15,16,17). The molecule has 0 aliphatic rings. The minimum Gasteiger partial charge on any atom is -0.299 e. The minimum absolute atomic E-state index is 0.00648. The first-order chi connectivity index (χ1) is 8.27. The van der Waals surface area contributed by atoms with Crippen LogP contribution in [0.3, 0.4) is 0 Å². The highest BCUT2D eigenvalue weighted by atomic mass is 79.9. The summed E-state index contributed by atoms with van der Waals surface area (Å²) in [5.41, 5.74) is 1.14. The van der Waals surface area contributed by atoms with Gasteiger partial charge in [-0.05, 0) is 5.56 Å². The second-order valence-electron chi connectivity index (χ2n) is 3.61. The van der Waals surface area contributed by atoms with Gasteiger partial charge in [0.15, 0.2) is 0 Å². The number of hydrogen-bond donors (Lipinski definition) is 2. The van der Waals surface area contributed by atoms with Crippen LogP contribution < -0.4 is 5.32 Å². The van der Waals surface area contributed by atoms with Crippen molar-refractivity contribution in [3.8, 4) is 0 Å². The fourth-order valence-corrected chi connectivity index (χ4v) is 1.75. The first-order valence-corrected chi connectivity index (χ1v) is 6.03. The zero-order chi connectivity index (χ0) is 12.1. The van der Waals surface area contributed by atoms with E-state index in [4.69, 9.17) is 0 Å². The average Bonchev–Trinajstić information content (AvgIpc) is 2.84. The van der Waals surface area contributed by atoms with Gasteiger partial charge in [0.25, 0.3) is 0 Å². The van der Waals surface area contributed by atoms with Crippen LogP contribution >= 0.6 is 15.9 Å². The Kier molecular flexibility index (Phi) is 4.06. The predicted molar refractivity (Wildman–Crippen MR) is 70.7 cm³/mol. The van der Waals surface area contributed by atoms with Gasteiger partial charge < -0.3 is 0 Å². The highest BCUT2D eigenvalue weighted by molar-refractivity contribution is 9.11. The van der Waals surface area contributed by atoms with E-state index < -0.39 is 0 Å². The number of benzene rings is 1. The molecule has 0 saturated carbocycles. The smallest absolute Gasteiger partial charge is 0.145 e. The van der Waals surface area contributed by atoms with Gasteiger partial charge in [-0.2, -0.15) is 5.10 Å². The van der Waals surface area contributed by atoms with Crippen LogP contribution in [-0.4, -0.2) is 21.7 Å². The second kappa shape index (κ2) is 5.75. The number of H-pyrrole nitrogens is 1. The summed E-state index contributed by atoms with van der Waals surface area (Å²) in [5, 5.41) is 10.1. The van der Waals surface area contributed by atoms with E-state index in [9.17, 15) is 0 Å². The molecule has 0 bridgehead atoms. The lowest BCUT2D eigenvalue weighted by Crippen LogP contribution is -2.24. The molecule has 2 N–H and O–H groups in total. The van der Waals surface area contributed by atoms with Crippen molar-refractivity contribution >= 4 is 15.9 Å². The van der Waals surface area contributed by atoms with E-state index >= 15 is 0 Å². The number of rotatable bonds is 5. The largest absolute Gasteiger partial charge is 0.299 e. The number of aromatic amines is 1. The SMILES string of the molecule is C=C(Br)CNC(c1ccccc1)c1ncn[nH]1.